The number of methoxy groups -OCH3 is 1. The number of piperazine rings is 2. The van der Waals surface area contributed by atoms with E-state index >= 15 is 0 Å². The zero-order valence-electron chi connectivity index (χ0n) is 28.7. The maximum absolute atomic E-state index is 13.8. The van der Waals surface area contributed by atoms with Gasteiger partial charge < -0.3 is 15.0 Å². The predicted octanol–water partition coefficient (Wildman–Crippen LogP) is 4.73. The second-order valence-electron chi connectivity index (χ2n) is 13.4. The second-order valence-corrected chi connectivity index (χ2v) is 13.4. The van der Waals surface area contributed by atoms with E-state index in [1.54, 1.807) is 12.1 Å². The molecule has 3 heterocycles. The lowest BCUT2D eigenvalue weighted by Crippen LogP contribution is -2.68. The molecule has 2 saturated heterocycles. The van der Waals surface area contributed by atoms with Crippen molar-refractivity contribution in [3.63, 3.8) is 0 Å². The van der Waals surface area contributed by atoms with Crippen molar-refractivity contribution in [2.75, 3.05) is 39.8 Å². The molecule has 2 atom stereocenters. The molecule has 3 fully saturated rings. The van der Waals surface area contributed by atoms with Gasteiger partial charge in [-0.1, -0.05) is 60.7 Å². The average molecular weight is 762 g/mol. The molecule has 0 spiro atoms. The first-order valence-electron chi connectivity index (χ1n) is 16.8. The minimum atomic E-state index is -4.74. The molecule has 3 aromatic carbocycles. The summed E-state index contributed by atoms with van der Waals surface area (Å²) in [5.41, 5.74) is 2.37. The first-order valence-corrected chi connectivity index (χ1v) is 16.8. The number of benzene rings is 3. The van der Waals surface area contributed by atoms with Gasteiger partial charge in [-0.2, -0.15) is 17.9 Å². The standard InChI is InChI=1S/C36H39F3N8O3.2ClH/c1-24(48)40-35(15-16-35)34(49)45-17-18-46-29(22-45)21-44(23-30(46)32(25-9-5-3-6-10-25)26-11-7-4-8-12-26)20-27-19-28(13-14-31(27)50-2)47-33(36(37,38)39)41-42-43-47;;/h3-14,19,29-30,32H,15-18,20-23H2,1-2H3,(H,40,48);2*1H/t29-,30+;;/m1../s1. The molecule has 4 aromatic rings. The Kier molecular flexibility index (Phi) is 11.8. The highest BCUT2D eigenvalue weighted by atomic mass is 35.5. The normalized spacial score (nSPS) is 19.9. The number of rotatable bonds is 9. The summed E-state index contributed by atoms with van der Waals surface area (Å²) in [6.07, 6.45) is -3.48. The summed E-state index contributed by atoms with van der Waals surface area (Å²) in [6.45, 7) is 4.78. The summed E-state index contributed by atoms with van der Waals surface area (Å²) in [5, 5.41) is 13.0. The number of carbonyl (C=O) groups is 2. The number of tetrazole rings is 1. The van der Waals surface area contributed by atoms with E-state index in [0.717, 1.165) is 0 Å². The predicted molar refractivity (Wildman–Crippen MR) is 192 cm³/mol. The van der Waals surface area contributed by atoms with Crippen LogP contribution in [0, 0.1) is 0 Å². The SMILES string of the molecule is COc1ccc(-n2nnnc2C(F)(F)F)cc1CN1C[C@@H]2CN(C(=O)C3(NC(C)=O)CC3)CCN2[C@H](C(c2ccccc2)c2ccccc2)C1.Cl.Cl. The highest BCUT2D eigenvalue weighted by Gasteiger charge is 2.54. The van der Waals surface area contributed by atoms with Crippen molar-refractivity contribution in [2.24, 2.45) is 0 Å². The fraction of sp³-hybridized carbons (Fsp3) is 0.417. The Morgan fingerprint density at radius 1 is 0.942 bits per heavy atom. The third kappa shape index (κ3) is 7.89. The second kappa shape index (κ2) is 15.8. The van der Waals surface area contributed by atoms with Crippen molar-refractivity contribution >= 4 is 36.6 Å². The van der Waals surface area contributed by atoms with E-state index in [-0.39, 0.29) is 60.3 Å². The van der Waals surface area contributed by atoms with Crippen LogP contribution in [0.4, 0.5) is 13.2 Å². The zero-order chi connectivity index (χ0) is 35.0. The third-order valence-electron chi connectivity index (χ3n) is 10.1. The molecule has 0 bridgehead atoms. The number of hydrogen-bond acceptors (Lipinski definition) is 8. The number of halogens is 5. The number of aromatic nitrogens is 4. The van der Waals surface area contributed by atoms with Crippen LogP contribution in [-0.2, 0) is 22.3 Å². The van der Waals surface area contributed by atoms with Gasteiger partial charge in [0.25, 0.3) is 5.82 Å². The van der Waals surface area contributed by atoms with Crippen LogP contribution in [0.1, 0.15) is 48.2 Å². The molecule has 1 aliphatic carbocycles. The van der Waals surface area contributed by atoms with E-state index in [2.05, 4.69) is 54.9 Å². The number of alkyl halides is 3. The summed E-state index contributed by atoms with van der Waals surface area (Å²) < 4.78 is 47.5. The number of amides is 2. The van der Waals surface area contributed by atoms with Gasteiger partial charge in [0, 0.05) is 69.8 Å². The largest absolute Gasteiger partial charge is 0.496 e. The van der Waals surface area contributed by atoms with E-state index in [1.807, 2.05) is 41.3 Å². The molecule has 52 heavy (non-hydrogen) atoms. The molecule has 278 valence electrons. The summed E-state index contributed by atoms with van der Waals surface area (Å²) in [7, 11) is 1.53. The molecule has 1 saturated carbocycles. The Labute approximate surface area is 312 Å². The van der Waals surface area contributed by atoms with E-state index in [0.29, 0.717) is 68.1 Å². The van der Waals surface area contributed by atoms with Crippen LogP contribution in [0.15, 0.2) is 78.9 Å². The van der Waals surface area contributed by atoms with Crippen molar-refractivity contribution in [1.29, 1.82) is 0 Å². The quantitative estimate of drug-likeness (QED) is 0.261. The average Bonchev–Trinajstić information content (AvgIpc) is 3.69. The molecule has 0 unspecified atom stereocenters. The Morgan fingerprint density at radius 3 is 2.17 bits per heavy atom. The molecule has 1 N–H and O–H groups in total. The van der Waals surface area contributed by atoms with Gasteiger partial charge in [0.1, 0.15) is 11.3 Å². The van der Waals surface area contributed by atoms with Gasteiger partial charge in [-0.25, -0.2) is 0 Å². The van der Waals surface area contributed by atoms with Gasteiger partial charge in [-0.05, 0) is 52.6 Å². The van der Waals surface area contributed by atoms with Crippen molar-refractivity contribution in [2.45, 2.75) is 56.0 Å². The first-order chi connectivity index (χ1) is 24.1. The van der Waals surface area contributed by atoms with E-state index in [4.69, 9.17) is 4.74 Å². The summed E-state index contributed by atoms with van der Waals surface area (Å²) in [6, 6.07) is 25.5. The van der Waals surface area contributed by atoms with Crippen molar-refractivity contribution in [1.82, 2.24) is 40.2 Å². The van der Waals surface area contributed by atoms with Crippen molar-refractivity contribution in [3.05, 3.63) is 101 Å². The van der Waals surface area contributed by atoms with Gasteiger partial charge in [0.2, 0.25) is 11.8 Å². The van der Waals surface area contributed by atoms with Crippen molar-refractivity contribution < 1.29 is 27.5 Å². The van der Waals surface area contributed by atoms with Crippen LogP contribution in [0.2, 0.25) is 0 Å². The third-order valence-corrected chi connectivity index (χ3v) is 10.1. The van der Waals surface area contributed by atoms with Gasteiger partial charge in [-0.3, -0.25) is 19.4 Å². The highest BCUT2D eigenvalue weighted by Crippen LogP contribution is 2.40. The summed E-state index contributed by atoms with van der Waals surface area (Å²) in [5.74, 6) is -0.936. The number of ether oxygens (including phenoxy) is 1. The molecule has 1 aromatic heterocycles. The number of hydrogen-bond donors (Lipinski definition) is 1. The minimum absolute atomic E-state index is 0. The number of fused-ring (bicyclic) bond motifs is 1. The molecule has 3 aliphatic rings. The van der Waals surface area contributed by atoms with Crippen molar-refractivity contribution in [3.8, 4) is 11.4 Å². The molecular weight excluding hydrogens is 720 g/mol. The van der Waals surface area contributed by atoms with Gasteiger partial charge in [0.15, 0.2) is 0 Å². The molecule has 16 heteroatoms. The number of carbonyl (C=O) groups excluding carboxylic acids is 2. The maximum Gasteiger partial charge on any atom is 0.453 e. The molecule has 11 nitrogen and oxygen atoms in total. The first kappa shape index (κ1) is 39.0. The lowest BCUT2D eigenvalue weighted by molar-refractivity contribution is -0.146. The summed E-state index contributed by atoms with van der Waals surface area (Å²) >= 11 is 0. The fourth-order valence-corrected chi connectivity index (χ4v) is 7.73. The van der Waals surface area contributed by atoms with E-state index < -0.39 is 17.5 Å². The van der Waals surface area contributed by atoms with Crippen LogP contribution in [0.25, 0.3) is 5.69 Å². The maximum atomic E-state index is 13.8. The summed E-state index contributed by atoms with van der Waals surface area (Å²) in [4.78, 5) is 32.5. The Balaban J connectivity index is 0.00000261. The van der Waals surface area contributed by atoms with Gasteiger partial charge in [-0.15, -0.1) is 29.9 Å². The lowest BCUT2D eigenvalue weighted by atomic mass is 9.81. The molecule has 2 aliphatic heterocycles. The minimum Gasteiger partial charge on any atom is -0.496 e. The highest BCUT2D eigenvalue weighted by molar-refractivity contribution is 5.93. The van der Waals surface area contributed by atoms with Gasteiger partial charge in [0.05, 0.1) is 12.8 Å². The zero-order valence-corrected chi connectivity index (χ0v) is 30.3. The number of nitrogens with one attached hydrogen (secondary N) is 1. The Morgan fingerprint density at radius 2 is 1.60 bits per heavy atom. The Bertz CT molecular complexity index is 1810. The van der Waals surface area contributed by atoms with E-state index in [1.165, 1.54) is 31.2 Å². The topological polar surface area (TPSA) is 109 Å². The molecule has 0 radical (unpaired) electrons. The van der Waals surface area contributed by atoms with Gasteiger partial charge >= 0.3 is 6.18 Å². The smallest absolute Gasteiger partial charge is 0.453 e. The fourth-order valence-electron chi connectivity index (χ4n) is 7.73. The molecular formula is C36H41Cl2F3N8O3. The van der Waals surface area contributed by atoms with Crippen LogP contribution < -0.4 is 10.1 Å². The monoisotopic (exact) mass is 760 g/mol. The molecule has 2 amide bonds. The number of nitrogens with zero attached hydrogens (tertiary/aromatic N) is 7. The Hall–Kier alpha value is -4.24. The van der Waals surface area contributed by atoms with Crippen LogP contribution >= 0.6 is 24.8 Å². The van der Waals surface area contributed by atoms with Crippen LogP contribution in [0.5, 0.6) is 5.75 Å². The molecule has 7 rings (SSSR count). The van der Waals surface area contributed by atoms with E-state index in [9.17, 15) is 22.8 Å². The van der Waals surface area contributed by atoms with Crippen LogP contribution in [-0.4, -0.2) is 104 Å². The lowest BCUT2D eigenvalue weighted by Gasteiger charge is -2.54. The van der Waals surface area contributed by atoms with Crippen LogP contribution in [0.3, 0.4) is 0 Å².